The van der Waals surface area contributed by atoms with Gasteiger partial charge in [0.25, 0.3) is 0 Å². The molecular formula is C18H25F3N4O. The Balaban J connectivity index is 2.05. The van der Waals surface area contributed by atoms with Gasteiger partial charge in [-0.25, -0.2) is 4.99 Å². The SMILES string of the molecule is CCNC(=NCc1ccc(C(F)(F)F)cc1)N1CCCC(CC(N)=O)C1. The summed E-state index contributed by atoms with van der Waals surface area (Å²) in [7, 11) is 0. The summed E-state index contributed by atoms with van der Waals surface area (Å²) in [6.45, 7) is 4.45. The molecule has 5 nitrogen and oxygen atoms in total. The van der Waals surface area contributed by atoms with Crippen molar-refractivity contribution in [1.82, 2.24) is 10.2 Å². The molecule has 0 aliphatic carbocycles. The van der Waals surface area contributed by atoms with Crippen LogP contribution >= 0.6 is 0 Å². The van der Waals surface area contributed by atoms with Crippen LogP contribution in [0.2, 0.25) is 0 Å². The van der Waals surface area contributed by atoms with Gasteiger partial charge in [0.2, 0.25) is 5.91 Å². The summed E-state index contributed by atoms with van der Waals surface area (Å²) in [6.07, 6.45) is -2.07. The molecule has 144 valence electrons. The lowest BCUT2D eigenvalue weighted by Crippen LogP contribution is -2.47. The molecule has 0 spiro atoms. The van der Waals surface area contributed by atoms with Crippen LogP contribution in [-0.2, 0) is 17.5 Å². The Kier molecular flexibility index (Phi) is 6.88. The van der Waals surface area contributed by atoms with E-state index >= 15 is 0 Å². The Bertz CT molecular complexity index is 628. The third kappa shape index (κ3) is 5.93. The highest BCUT2D eigenvalue weighted by atomic mass is 19.4. The number of primary amides is 1. The van der Waals surface area contributed by atoms with Gasteiger partial charge in [-0.05, 0) is 43.4 Å². The fourth-order valence-electron chi connectivity index (χ4n) is 3.10. The molecule has 1 aromatic carbocycles. The average molecular weight is 370 g/mol. The number of hydrogen-bond acceptors (Lipinski definition) is 2. The molecule has 0 bridgehead atoms. The van der Waals surface area contributed by atoms with E-state index in [9.17, 15) is 18.0 Å². The number of halogens is 3. The maximum Gasteiger partial charge on any atom is 0.416 e. The molecule has 1 aliphatic heterocycles. The molecule has 0 aromatic heterocycles. The number of rotatable bonds is 5. The van der Waals surface area contributed by atoms with E-state index in [1.807, 2.05) is 6.92 Å². The number of carbonyl (C=O) groups is 1. The van der Waals surface area contributed by atoms with E-state index in [2.05, 4.69) is 15.2 Å². The summed E-state index contributed by atoms with van der Waals surface area (Å²) >= 11 is 0. The van der Waals surface area contributed by atoms with Gasteiger partial charge in [0, 0.05) is 26.1 Å². The number of amides is 1. The standard InChI is InChI=1S/C18H25F3N4O/c1-2-23-17(25-9-3-4-14(12-25)10-16(22)26)24-11-13-5-7-15(8-6-13)18(19,20)21/h5-8,14H,2-4,9-12H2,1H3,(H2,22,26)(H,23,24). The summed E-state index contributed by atoms with van der Waals surface area (Å²) in [5.74, 6) is 0.612. The lowest BCUT2D eigenvalue weighted by atomic mass is 9.95. The van der Waals surface area contributed by atoms with Crippen molar-refractivity contribution in [2.24, 2.45) is 16.6 Å². The van der Waals surface area contributed by atoms with Crippen molar-refractivity contribution in [2.75, 3.05) is 19.6 Å². The van der Waals surface area contributed by atoms with Gasteiger partial charge < -0.3 is 16.0 Å². The van der Waals surface area contributed by atoms with Gasteiger partial charge in [0.15, 0.2) is 5.96 Å². The van der Waals surface area contributed by atoms with Gasteiger partial charge in [0.05, 0.1) is 12.1 Å². The molecule has 1 heterocycles. The number of nitrogens with two attached hydrogens (primary N) is 1. The van der Waals surface area contributed by atoms with Crippen LogP contribution in [0.4, 0.5) is 13.2 Å². The minimum Gasteiger partial charge on any atom is -0.370 e. The fraction of sp³-hybridized carbons (Fsp3) is 0.556. The first-order valence-electron chi connectivity index (χ1n) is 8.77. The van der Waals surface area contributed by atoms with Crippen LogP contribution in [-0.4, -0.2) is 36.4 Å². The zero-order valence-electron chi connectivity index (χ0n) is 14.9. The van der Waals surface area contributed by atoms with E-state index in [0.717, 1.165) is 31.5 Å². The predicted molar refractivity (Wildman–Crippen MR) is 94.4 cm³/mol. The summed E-state index contributed by atoms with van der Waals surface area (Å²) in [4.78, 5) is 17.8. The minimum absolute atomic E-state index is 0.205. The molecule has 0 radical (unpaired) electrons. The Morgan fingerprint density at radius 3 is 2.62 bits per heavy atom. The highest BCUT2D eigenvalue weighted by molar-refractivity contribution is 5.80. The van der Waals surface area contributed by atoms with E-state index in [1.54, 1.807) is 0 Å². The predicted octanol–water partition coefficient (Wildman–Crippen LogP) is 2.76. The highest BCUT2D eigenvalue weighted by Gasteiger charge is 2.30. The van der Waals surface area contributed by atoms with Crippen LogP contribution < -0.4 is 11.1 Å². The molecule has 8 heteroatoms. The fourth-order valence-corrected chi connectivity index (χ4v) is 3.10. The van der Waals surface area contributed by atoms with Crippen molar-refractivity contribution in [3.63, 3.8) is 0 Å². The van der Waals surface area contributed by atoms with Gasteiger partial charge in [-0.2, -0.15) is 13.2 Å². The second-order valence-corrected chi connectivity index (χ2v) is 6.49. The summed E-state index contributed by atoms with van der Waals surface area (Å²) in [6, 6.07) is 5.03. The molecule has 1 fully saturated rings. The Morgan fingerprint density at radius 1 is 1.35 bits per heavy atom. The number of piperidine rings is 1. The molecule has 3 N–H and O–H groups in total. The Labute approximate surface area is 151 Å². The first-order valence-corrected chi connectivity index (χ1v) is 8.77. The van der Waals surface area contributed by atoms with Crippen molar-refractivity contribution >= 4 is 11.9 Å². The number of nitrogens with one attached hydrogen (secondary N) is 1. The van der Waals surface area contributed by atoms with Crippen LogP contribution in [0.5, 0.6) is 0 Å². The van der Waals surface area contributed by atoms with Crippen molar-refractivity contribution in [2.45, 2.75) is 38.9 Å². The van der Waals surface area contributed by atoms with Gasteiger partial charge in [-0.1, -0.05) is 12.1 Å². The second-order valence-electron chi connectivity index (χ2n) is 6.49. The average Bonchev–Trinajstić information content (AvgIpc) is 2.58. The number of benzene rings is 1. The van der Waals surface area contributed by atoms with E-state index in [0.29, 0.717) is 31.0 Å². The molecular weight excluding hydrogens is 345 g/mol. The number of nitrogens with zero attached hydrogens (tertiary/aromatic N) is 2. The number of alkyl halides is 3. The second kappa shape index (κ2) is 8.91. The largest absolute Gasteiger partial charge is 0.416 e. The van der Waals surface area contributed by atoms with E-state index in [1.165, 1.54) is 12.1 Å². The minimum atomic E-state index is -4.33. The van der Waals surface area contributed by atoms with Crippen LogP contribution in [0.1, 0.15) is 37.3 Å². The first kappa shape index (κ1) is 20.1. The van der Waals surface area contributed by atoms with Crippen molar-refractivity contribution in [1.29, 1.82) is 0 Å². The number of hydrogen-bond donors (Lipinski definition) is 2. The normalized spacial score (nSPS) is 18.7. The Hall–Kier alpha value is -2.25. The Morgan fingerprint density at radius 2 is 2.04 bits per heavy atom. The highest BCUT2D eigenvalue weighted by Crippen LogP contribution is 2.29. The smallest absolute Gasteiger partial charge is 0.370 e. The monoisotopic (exact) mass is 370 g/mol. The van der Waals surface area contributed by atoms with Crippen LogP contribution in [0, 0.1) is 5.92 Å². The van der Waals surface area contributed by atoms with E-state index < -0.39 is 11.7 Å². The number of carbonyl (C=O) groups excluding carboxylic acids is 1. The van der Waals surface area contributed by atoms with E-state index in [4.69, 9.17) is 5.73 Å². The quantitative estimate of drug-likeness (QED) is 0.618. The molecule has 1 amide bonds. The van der Waals surface area contributed by atoms with Crippen molar-refractivity contribution < 1.29 is 18.0 Å². The first-order chi connectivity index (χ1) is 12.3. The van der Waals surface area contributed by atoms with Crippen LogP contribution in [0.25, 0.3) is 0 Å². The van der Waals surface area contributed by atoms with E-state index in [-0.39, 0.29) is 18.4 Å². The van der Waals surface area contributed by atoms with Gasteiger partial charge in [-0.3, -0.25) is 4.79 Å². The summed E-state index contributed by atoms with van der Waals surface area (Å²) < 4.78 is 37.9. The number of guanidine groups is 1. The van der Waals surface area contributed by atoms with Gasteiger partial charge in [-0.15, -0.1) is 0 Å². The van der Waals surface area contributed by atoms with Gasteiger partial charge >= 0.3 is 6.18 Å². The number of aliphatic imine (C=N–C) groups is 1. The van der Waals surface area contributed by atoms with Gasteiger partial charge in [0.1, 0.15) is 0 Å². The zero-order valence-corrected chi connectivity index (χ0v) is 14.9. The van der Waals surface area contributed by atoms with Crippen molar-refractivity contribution in [3.8, 4) is 0 Å². The molecule has 1 aromatic rings. The molecule has 26 heavy (non-hydrogen) atoms. The molecule has 1 atom stereocenters. The molecule has 1 saturated heterocycles. The summed E-state index contributed by atoms with van der Waals surface area (Å²) in [5.41, 5.74) is 5.34. The van der Waals surface area contributed by atoms with Crippen LogP contribution in [0.15, 0.2) is 29.3 Å². The topological polar surface area (TPSA) is 70.7 Å². The zero-order chi connectivity index (χ0) is 19.2. The third-order valence-corrected chi connectivity index (χ3v) is 4.34. The van der Waals surface area contributed by atoms with Crippen molar-refractivity contribution in [3.05, 3.63) is 35.4 Å². The lowest BCUT2D eigenvalue weighted by molar-refractivity contribution is -0.137. The maximum absolute atomic E-state index is 12.6. The molecule has 1 aliphatic rings. The maximum atomic E-state index is 12.6. The molecule has 2 rings (SSSR count). The molecule has 0 saturated carbocycles. The number of likely N-dealkylation sites (tertiary alicyclic amines) is 1. The van der Waals surface area contributed by atoms with Crippen LogP contribution in [0.3, 0.4) is 0 Å². The summed E-state index contributed by atoms with van der Waals surface area (Å²) in [5, 5.41) is 3.21. The third-order valence-electron chi connectivity index (χ3n) is 4.34. The molecule has 1 unspecified atom stereocenters. The lowest BCUT2D eigenvalue weighted by Gasteiger charge is -2.34.